The lowest BCUT2D eigenvalue weighted by Gasteiger charge is -2.17. The highest BCUT2D eigenvalue weighted by Gasteiger charge is 2.31. The number of amides is 2. The number of carbonyl (C=O) groups excluding carboxylic acids is 3. The maximum absolute atomic E-state index is 13.3. The third kappa shape index (κ3) is 6.81. The summed E-state index contributed by atoms with van der Waals surface area (Å²) in [5.41, 5.74) is 0.904. The Morgan fingerprint density at radius 1 is 1.00 bits per heavy atom. The molecular formula is C22H23F3N2O5. The van der Waals surface area contributed by atoms with Gasteiger partial charge in [-0.3, -0.25) is 19.7 Å². The summed E-state index contributed by atoms with van der Waals surface area (Å²) in [4.78, 5) is 34.3. The zero-order chi connectivity index (χ0) is 23.9. The van der Waals surface area contributed by atoms with Crippen LogP contribution in [0.25, 0.3) is 11.1 Å². The summed E-state index contributed by atoms with van der Waals surface area (Å²) in [6.45, 7) is 0.820. The summed E-state index contributed by atoms with van der Waals surface area (Å²) in [5.74, 6) is -1.21. The lowest BCUT2D eigenvalue weighted by Crippen LogP contribution is -2.36. The second-order valence-corrected chi connectivity index (χ2v) is 6.87. The Morgan fingerprint density at radius 2 is 1.72 bits per heavy atom. The van der Waals surface area contributed by atoms with Gasteiger partial charge in [-0.05, 0) is 41.0 Å². The predicted octanol–water partition coefficient (Wildman–Crippen LogP) is 2.85. The zero-order valence-electron chi connectivity index (χ0n) is 17.8. The monoisotopic (exact) mass is 452 g/mol. The van der Waals surface area contributed by atoms with E-state index in [0.717, 1.165) is 12.1 Å². The van der Waals surface area contributed by atoms with Gasteiger partial charge in [-0.15, -0.1) is 0 Å². The van der Waals surface area contributed by atoms with Crippen LogP contribution >= 0.6 is 0 Å². The number of carbonyl (C=O) groups is 3. The van der Waals surface area contributed by atoms with Gasteiger partial charge >= 0.3 is 12.1 Å². The Morgan fingerprint density at radius 3 is 2.31 bits per heavy atom. The molecule has 0 aliphatic rings. The van der Waals surface area contributed by atoms with E-state index in [2.05, 4.69) is 15.4 Å². The van der Waals surface area contributed by atoms with Gasteiger partial charge in [-0.2, -0.15) is 13.2 Å². The van der Waals surface area contributed by atoms with E-state index in [0.29, 0.717) is 22.4 Å². The minimum Gasteiger partial charge on any atom is -0.496 e. The molecule has 7 nitrogen and oxygen atoms in total. The number of hydrogen-bond donors (Lipinski definition) is 2. The first-order valence-corrected chi connectivity index (χ1v) is 9.50. The minimum absolute atomic E-state index is 0.0209. The third-order valence-corrected chi connectivity index (χ3v) is 4.48. The molecule has 2 rings (SSSR count). The Kier molecular flexibility index (Phi) is 8.36. The normalized spacial score (nSPS) is 11.1. The molecule has 0 fully saturated rings. The molecule has 0 unspecified atom stereocenters. The van der Waals surface area contributed by atoms with Crippen molar-refractivity contribution < 1.29 is 37.0 Å². The van der Waals surface area contributed by atoms with Crippen LogP contribution in [0.3, 0.4) is 0 Å². The molecule has 10 heteroatoms. The molecule has 172 valence electrons. The summed E-state index contributed by atoms with van der Waals surface area (Å²) in [5, 5.41) is 4.82. The van der Waals surface area contributed by atoms with Crippen molar-refractivity contribution >= 4 is 17.8 Å². The van der Waals surface area contributed by atoms with E-state index in [-0.39, 0.29) is 25.1 Å². The summed E-state index contributed by atoms with van der Waals surface area (Å²) < 4.78 is 49.9. The van der Waals surface area contributed by atoms with Crippen LogP contribution in [0.2, 0.25) is 0 Å². The fourth-order valence-electron chi connectivity index (χ4n) is 3.04. The lowest BCUT2D eigenvalue weighted by molar-refractivity contribution is -0.140. The molecule has 0 aliphatic carbocycles. The first-order chi connectivity index (χ1) is 15.0. The number of alkyl halides is 3. The number of methoxy groups -OCH3 is 2. The van der Waals surface area contributed by atoms with Crippen molar-refractivity contribution in [2.75, 3.05) is 20.8 Å². The number of nitrogens with one attached hydrogen (secondary N) is 2. The number of ether oxygens (including phenoxy) is 2. The lowest BCUT2D eigenvalue weighted by atomic mass is 9.94. The minimum atomic E-state index is -4.56. The van der Waals surface area contributed by atoms with E-state index in [4.69, 9.17) is 4.74 Å². The highest BCUT2D eigenvalue weighted by atomic mass is 19.4. The number of imide groups is 1. The fourth-order valence-corrected chi connectivity index (χ4v) is 3.04. The molecule has 2 N–H and O–H groups in total. The van der Waals surface area contributed by atoms with E-state index < -0.39 is 29.5 Å². The van der Waals surface area contributed by atoms with Crippen molar-refractivity contribution in [3.8, 4) is 16.9 Å². The number of hydrogen-bond acceptors (Lipinski definition) is 6. The average molecular weight is 452 g/mol. The van der Waals surface area contributed by atoms with E-state index in [1.54, 1.807) is 18.2 Å². The van der Waals surface area contributed by atoms with Gasteiger partial charge in [0.1, 0.15) is 5.75 Å². The molecule has 0 aromatic heterocycles. The van der Waals surface area contributed by atoms with Gasteiger partial charge in [0.25, 0.3) is 0 Å². The van der Waals surface area contributed by atoms with Crippen LogP contribution in [0.5, 0.6) is 5.75 Å². The van der Waals surface area contributed by atoms with Gasteiger partial charge in [0.2, 0.25) is 11.8 Å². The van der Waals surface area contributed by atoms with Gasteiger partial charge in [-0.1, -0.05) is 12.1 Å². The van der Waals surface area contributed by atoms with Crippen LogP contribution in [0, 0.1) is 0 Å². The van der Waals surface area contributed by atoms with Crippen molar-refractivity contribution in [2.45, 2.75) is 26.1 Å². The number of halogens is 3. The van der Waals surface area contributed by atoms with Crippen LogP contribution in [0.4, 0.5) is 13.2 Å². The average Bonchev–Trinajstić information content (AvgIpc) is 2.72. The zero-order valence-corrected chi connectivity index (χ0v) is 17.8. The van der Waals surface area contributed by atoms with Crippen LogP contribution in [0.15, 0.2) is 36.4 Å². The highest BCUT2D eigenvalue weighted by Crippen LogP contribution is 2.37. The van der Waals surface area contributed by atoms with Gasteiger partial charge < -0.3 is 14.8 Å². The van der Waals surface area contributed by atoms with E-state index in [1.807, 2.05) is 0 Å². The number of rotatable bonds is 8. The summed E-state index contributed by atoms with van der Waals surface area (Å²) in [7, 11) is 2.68. The Labute approximate surface area is 182 Å². The molecule has 0 heterocycles. The topological polar surface area (TPSA) is 93.7 Å². The van der Waals surface area contributed by atoms with Gasteiger partial charge in [0.05, 0.1) is 32.7 Å². The van der Waals surface area contributed by atoms with Gasteiger partial charge in [-0.25, -0.2) is 0 Å². The van der Waals surface area contributed by atoms with Crippen LogP contribution in [0.1, 0.15) is 23.6 Å². The van der Waals surface area contributed by atoms with Gasteiger partial charge in [0, 0.05) is 19.0 Å². The molecule has 0 radical (unpaired) electrons. The molecule has 32 heavy (non-hydrogen) atoms. The van der Waals surface area contributed by atoms with E-state index >= 15 is 0 Å². The highest BCUT2D eigenvalue weighted by molar-refractivity contribution is 5.94. The molecule has 0 bridgehead atoms. The summed E-state index contributed by atoms with van der Waals surface area (Å²) >= 11 is 0. The molecule has 2 amide bonds. The molecule has 0 atom stereocenters. The second kappa shape index (κ2) is 10.8. The Bertz CT molecular complexity index is 1010. The first kappa shape index (κ1) is 24.9. The van der Waals surface area contributed by atoms with E-state index in [9.17, 15) is 27.6 Å². The standard InChI is InChI=1S/C22H23F3N2O5/c1-13(28)27-20(29)12-26-11-15-10-16(22(23,24)25)5-6-17(15)18-8-14(9-21(30)32-3)4-7-19(18)31-2/h4-8,10,26H,9,11-12H2,1-3H3,(H,27,28,29). The molecule has 2 aromatic rings. The van der Waals surface area contributed by atoms with Crippen LogP contribution in [-0.4, -0.2) is 38.5 Å². The fraction of sp³-hybridized carbons (Fsp3) is 0.318. The van der Waals surface area contributed by atoms with Gasteiger partial charge in [0.15, 0.2) is 0 Å². The quantitative estimate of drug-likeness (QED) is 0.599. The van der Waals surface area contributed by atoms with Crippen LogP contribution in [-0.2, 0) is 38.3 Å². The Balaban J connectivity index is 2.45. The largest absolute Gasteiger partial charge is 0.496 e. The maximum atomic E-state index is 13.3. The molecular weight excluding hydrogens is 429 g/mol. The Hall–Kier alpha value is -3.40. The van der Waals surface area contributed by atoms with Crippen molar-refractivity contribution in [2.24, 2.45) is 0 Å². The smallest absolute Gasteiger partial charge is 0.416 e. The predicted molar refractivity (Wildman–Crippen MR) is 110 cm³/mol. The molecule has 0 aliphatic heterocycles. The van der Waals surface area contributed by atoms with Crippen molar-refractivity contribution in [3.05, 3.63) is 53.1 Å². The molecule has 0 saturated heterocycles. The third-order valence-electron chi connectivity index (χ3n) is 4.48. The van der Waals surface area contributed by atoms with Crippen molar-refractivity contribution in [3.63, 3.8) is 0 Å². The second-order valence-electron chi connectivity index (χ2n) is 6.87. The summed E-state index contributed by atoms with van der Waals surface area (Å²) in [6.07, 6.45) is -4.58. The summed E-state index contributed by atoms with van der Waals surface area (Å²) in [6, 6.07) is 8.17. The number of benzene rings is 2. The van der Waals surface area contributed by atoms with E-state index in [1.165, 1.54) is 27.2 Å². The molecule has 2 aromatic carbocycles. The van der Waals surface area contributed by atoms with Crippen LogP contribution < -0.4 is 15.4 Å². The van der Waals surface area contributed by atoms with Crippen molar-refractivity contribution in [1.82, 2.24) is 10.6 Å². The molecule has 0 saturated carbocycles. The maximum Gasteiger partial charge on any atom is 0.416 e. The first-order valence-electron chi connectivity index (χ1n) is 9.50. The number of esters is 1. The SMILES string of the molecule is COC(=O)Cc1ccc(OC)c(-c2ccc(C(F)(F)F)cc2CNCC(=O)NC(C)=O)c1. The molecule has 0 spiro atoms. The van der Waals surface area contributed by atoms with Crippen molar-refractivity contribution in [1.29, 1.82) is 0 Å².